The minimum absolute atomic E-state index is 0.148. The Morgan fingerprint density at radius 2 is 1.97 bits per heavy atom. The Balaban J connectivity index is 1.62. The van der Waals surface area contributed by atoms with Crippen molar-refractivity contribution in [3.8, 4) is 11.8 Å². The first kappa shape index (κ1) is 19.3. The SMILES string of the molecule is CC(CC#N)Sc1ccccc1NC(=O)c1cc(C2CC2)nn1-c1ccccc1. The molecule has 0 saturated heterocycles. The molecule has 1 aliphatic rings. The summed E-state index contributed by atoms with van der Waals surface area (Å²) in [5.41, 5.74) is 3.13. The molecule has 0 spiro atoms. The number of nitriles is 1. The molecule has 1 atom stereocenters. The summed E-state index contributed by atoms with van der Waals surface area (Å²) >= 11 is 1.59. The standard InChI is InChI=1S/C23H22N4OS/c1-16(13-14-24)29-22-10-6-5-9-19(22)25-23(28)21-15-20(17-11-12-17)26-27(21)18-7-3-2-4-8-18/h2-10,15-17H,11-13H2,1H3,(H,25,28). The van der Waals surface area contributed by atoms with Gasteiger partial charge in [-0.3, -0.25) is 4.79 Å². The average molecular weight is 403 g/mol. The third-order valence-electron chi connectivity index (χ3n) is 4.80. The number of anilines is 1. The molecule has 1 heterocycles. The zero-order chi connectivity index (χ0) is 20.2. The van der Waals surface area contributed by atoms with Gasteiger partial charge in [0, 0.05) is 22.5 Å². The van der Waals surface area contributed by atoms with Crippen LogP contribution in [-0.2, 0) is 0 Å². The van der Waals surface area contributed by atoms with E-state index >= 15 is 0 Å². The Kier molecular flexibility index (Phi) is 5.68. The van der Waals surface area contributed by atoms with Crippen molar-refractivity contribution >= 4 is 23.4 Å². The molecule has 1 saturated carbocycles. The molecule has 0 bridgehead atoms. The topological polar surface area (TPSA) is 70.7 Å². The van der Waals surface area contributed by atoms with Crippen LogP contribution >= 0.6 is 11.8 Å². The van der Waals surface area contributed by atoms with Gasteiger partial charge >= 0.3 is 0 Å². The summed E-state index contributed by atoms with van der Waals surface area (Å²) in [5.74, 6) is 0.274. The minimum Gasteiger partial charge on any atom is -0.320 e. The fourth-order valence-corrected chi connectivity index (χ4v) is 4.15. The lowest BCUT2D eigenvalue weighted by Crippen LogP contribution is -2.17. The maximum Gasteiger partial charge on any atom is 0.274 e. The van der Waals surface area contributed by atoms with Crippen molar-refractivity contribution in [3.63, 3.8) is 0 Å². The summed E-state index contributed by atoms with van der Waals surface area (Å²) in [7, 11) is 0. The number of amides is 1. The number of carbonyl (C=O) groups excluding carboxylic acids is 1. The summed E-state index contributed by atoms with van der Waals surface area (Å²) in [4.78, 5) is 14.2. The lowest BCUT2D eigenvalue weighted by Gasteiger charge is -2.14. The van der Waals surface area contributed by atoms with Crippen molar-refractivity contribution in [3.05, 3.63) is 72.1 Å². The minimum atomic E-state index is -0.186. The van der Waals surface area contributed by atoms with Crippen molar-refractivity contribution in [1.82, 2.24) is 9.78 Å². The number of carbonyl (C=O) groups is 1. The number of benzene rings is 2. The predicted molar refractivity (Wildman–Crippen MR) is 115 cm³/mol. The second kappa shape index (κ2) is 8.54. The molecule has 1 aromatic heterocycles. The number of nitrogens with one attached hydrogen (secondary N) is 1. The number of para-hydroxylation sites is 2. The Morgan fingerprint density at radius 1 is 1.24 bits per heavy atom. The summed E-state index contributed by atoms with van der Waals surface area (Å²) in [6.45, 7) is 2.01. The van der Waals surface area contributed by atoms with Gasteiger partial charge in [0.15, 0.2) is 0 Å². The first-order chi connectivity index (χ1) is 14.2. The number of aromatic nitrogens is 2. The Hall–Kier alpha value is -3.04. The zero-order valence-corrected chi connectivity index (χ0v) is 17.0. The van der Waals surface area contributed by atoms with Gasteiger partial charge in [-0.05, 0) is 43.2 Å². The molecule has 0 aliphatic heterocycles. The van der Waals surface area contributed by atoms with E-state index in [1.165, 1.54) is 0 Å². The monoisotopic (exact) mass is 402 g/mol. The average Bonchev–Trinajstić information content (AvgIpc) is 3.48. The molecule has 1 unspecified atom stereocenters. The molecule has 3 aromatic rings. The summed E-state index contributed by atoms with van der Waals surface area (Å²) in [6, 6.07) is 21.6. The number of hydrogen-bond donors (Lipinski definition) is 1. The molecule has 2 aromatic carbocycles. The van der Waals surface area contributed by atoms with Gasteiger partial charge in [-0.1, -0.05) is 37.3 Å². The number of thioether (sulfide) groups is 1. The van der Waals surface area contributed by atoms with E-state index in [1.807, 2.05) is 67.6 Å². The molecular weight excluding hydrogens is 380 g/mol. The van der Waals surface area contributed by atoms with Crippen LogP contribution in [0.15, 0.2) is 65.6 Å². The fourth-order valence-electron chi connectivity index (χ4n) is 3.15. The van der Waals surface area contributed by atoms with Crippen molar-refractivity contribution in [2.24, 2.45) is 0 Å². The molecule has 1 amide bonds. The Morgan fingerprint density at radius 3 is 2.69 bits per heavy atom. The first-order valence-corrected chi connectivity index (χ1v) is 10.6. The molecule has 1 aliphatic carbocycles. The van der Waals surface area contributed by atoms with E-state index in [4.69, 9.17) is 10.4 Å². The van der Waals surface area contributed by atoms with Crippen LogP contribution in [0.1, 0.15) is 48.3 Å². The largest absolute Gasteiger partial charge is 0.320 e. The van der Waals surface area contributed by atoms with Gasteiger partial charge in [0.1, 0.15) is 5.69 Å². The van der Waals surface area contributed by atoms with Crippen LogP contribution in [0.25, 0.3) is 5.69 Å². The highest BCUT2D eigenvalue weighted by Crippen LogP contribution is 2.40. The number of rotatable bonds is 7. The molecule has 1 N–H and O–H groups in total. The van der Waals surface area contributed by atoms with E-state index < -0.39 is 0 Å². The molecule has 29 heavy (non-hydrogen) atoms. The summed E-state index contributed by atoms with van der Waals surface area (Å²) in [6.07, 6.45) is 2.71. The van der Waals surface area contributed by atoms with Gasteiger partial charge in [-0.2, -0.15) is 10.4 Å². The van der Waals surface area contributed by atoms with E-state index in [0.29, 0.717) is 18.0 Å². The maximum atomic E-state index is 13.2. The van der Waals surface area contributed by atoms with Crippen LogP contribution in [0, 0.1) is 11.3 Å². The second-order valence-corrected chi connectivity index (χ2v) is 8.70. The summed E-state index contributed by atoms with van der Waals surface area (Å²) < 4.78 is 1.73. The van der Waals surface area contributed by atoms with E-state index in [2.05, 4.69) is 11.4 Å². The molecular formula is C23H22N4OS. The molecule has 0 radical (unpaired) electrons. The third kappa shape index (κ3) is 4.52. The number of hydrogen-bond acceptors (Lipinski definition) is 4. The van der Waals surface area contributed by atoms with Crippen LogP contribution in [0.2, 0.25) is 0 Å². The van der Waals surface area contributed by atoms with Crippen molar-refractivity contribution < 1.29 is 4.79 Å². The zero-order valence-electron chi connectivity index (χ0n) is 16.2. The lowest BCUT2D eigenvalue weighted by atomic mass is 10.2. The highest BCUT2D eigenvalue weighted by Gasteiger charge is 2.29. The smallest absolute Gasteiger partial charge is 0.274 e. The van der Waals surface area contributed by atoms with E-state index in [9.17, 15) is 4.79 Å². The van der Waals surface area contributed by atoms with Crippen molar-refractivity contribution in [2.75, 3.05) is 5.32 Å². The van der Waals surface area contributed by atoms with E-state index in [1.54, 1.807) is 16.4 Å². The molecule has 1 fully saturated rings. The number of nitrogens with zero attached hydrogens (tertiary/aromatic N) is 3. The van der Waals surface area contributed by atoms with Gasteiger partial charge in [0.05, 0.1) is 23.1 Å². The van der Waals surface area contributed by atoms with Crippen LogP contribution in [0.5, 0.6) is 0 Å². The quantitative estimate of drug-likeness (QED) is 0.538. The van der Waals surface area contributed by atoms with Gasteiger partial charge in [-0.15, -0.1) is 11.8 Å². The van der Waals surface area contributed by atoms with Gasteiger partial charge in [0.25, 0.3) is 5.91 Å². The van der Waals surface area contributed by atoms with Crippen molar-refractivity contribution in [1.29, 1.82) is 5.26 Å². The van der Waals surface area contributed by atoms with E-state index in [0.717, 1.165) is 34.8 Å². The third-order valence-corrected chi connectivity index (χ3v) is 5.98. The van der Waals surface area contributed by atoms with E-state index in [-0.39, 0.29) is 11.2 Å². The second-order valence-electron chi connectivity index (χ2n) is 7.22. The van der Waals surface area contributed by atoms with Crippen LogP contribution < -0.4 is 5.32 Å². The van der Waals surface area contributed by atoms with Gasteiger partial charge in [-0.25, -0.2) is 4.68 Å². The highest BCUT2D eigenvalue weighted by atomic mass is 32.2. The molecule has 4 rings (SSSR count). The Labute approximate surface area is 174 Å². The van der Waals surface area contributed by atoms with Crippen molar-refractivity contribution in [2.45, 2.75) is 42.2 Å². The first-order valence-electron chi connectivity index (χ1n) is 9.75. The predicted octanol–water partition coefficient (Wildman–Crippen LogP) is 5.40. The molecule has 6 heteroatoms. The highest BCUT2D eigenvalue weighted by molar-refractivity contribution is 8.00. The van der Waals surface area contributed by atoms with Gasteiger partial charge in [0.2, 0.25) is 0 Å². The summed E-state index contributed by atoms with van der Waals surface area (Å²) in [5, 5.41) is 16.8. The van der Waals surface area contributed by atoms with Gasteiger partial charge < -0.3 is 5.32 Å². The molecule has 146 valence electrons. The maximum absolute atomic E-state index is 13.2. The van der Waals surface area contributed by atoms with Crippen LogP contribution in [-0.4, -0.2) is 20.9 Å². The van der Waals surface area contributed by atoms with Crippen LogP contribution in [0.4, 0.5) is 5.69 Å². The Bertz CT molecular complexity index is 1050. The molecule has 5 nitrogen and oxygen atoms in total. The lowest BCUT2D eigenvalue weighted by molar-refractivity contribution is 0.101. The fraction of sp³-hybridized carbons (Fsp3) is 0.261. The normalized spacial score (nSPS) is 14.2. The van der Waals surface area contributed by atoms with Crippen LogP contribution in [0.3, 0.4) is 0 Å².